The molecule has 0 amide bonds. The van der Waals surface area contributed by atoms with Gasteiger partial charge in [0, 0.05) is 11.1 Å². The van der Waals surface area contributed by atoms with Gasteiger partial charge in [0.25, 0.3) is 11.4 Å². The zero-order valence-corrected chi connectivity index (χ0v) is 21.7. The molecule has 11 heteroatoms. The first-order valence-corrected chi connectivity index (χ1v) is 12.0. The summed E-state index contributed by atoms with van der Waals surface area (Å²) in [6.45, 7) is 23.2. The first-order chi connectivity index (χ1) is 21.2. The van der Waals surface area contributed by atoms with E-state index in [0.29, 0.717) is 0 Å². The number of halogens is 4. The van der Waals surface area contributed by atoms with Gasteiger partial charge in [0.1, 0.15) is 12.1 Å². The maximum atomic E-state index is 14.4. The van der Waals surface area contributed by atoms with Crippen LogP contribution in [0.5, 0.6) is 0 Å². The molecule has 202 valence electrons. The summed E-state index contributed by atoms with van der Waals surface area (Å²) in [7, 11) is 0. The Balaban J connectivity index is 2.03. The quantitative estimate of drug-likeness (QED) is 0.177. The second kappa shape index (κ2) is 10.6. The summed E-state index contributed by atoms with van der Waals surface area (Å²) in [4.78, 5) is 10.0. The fraction of sp³-hybridized carbons (Fsp3) is 0. The molecule has 0 radical (unpaired) electrons. The summed E-state index contributed by atoms with van der Waals surface area (Å²) < 4.78 is 56.4. The summed E-state index contributed by atoms with van der Waals surface area (Å²) in [5.41, 5.74) is -3.43. The standard InChI is InChI=1S/C33H7F4N7/c1-42-25(13-40)31-27(15-4-6-21(34)23(36)8-15)19(11-38)17-10-18-30(20(12-39)29(17)31)32(26(14-41)43-2)28(33(18)44-3)16-5-7-22(35)24(37)9-16/h4-10H/b31-25-,32-26+. The molecule has 0 atom stereocenters. The largest absolute Gasteiger partial charge is 0.270 e. The highest BCUT2D eigenvalue weighted by Gasteiger charge is 2.40. The Morgan fingerprint density at radius 3 is 1.55 bits per heavy atom. The summed E-state index contributed by atoms with van der Waals surface area (Å²) in [5, 5.41) is 40.5. The van der Waals surface area contributed by atoms with E-state index >= 15 is 0 Å². The van der Waals surface area contributed by atoms with Gasteiger partial charge in [-0.2, -0.15) is 10.5 Å². The number of fused-ring (bicyclic) bond motifs is 2. The molecule has 0 fully saturated rings. The number of hydrogen-bond acceptors (Lipinski definition) is 4. The van der Waals surface area contributed by atoms with Crippen LogP contribution in [0.1, 0.15) is 38.9 Å². The average molecular weight is 577 g/mol. The predicted octanol–water partition coefficient (Wildman–Crippen LogP) is 7.67. The molecule has 5 rings (SSSR count). The van der Waals surface area contributed by atoms with Gasteiger partial charge in [-0.3, -0.25) is 0 Å². The van der Waals surface area contributed by atoms with Gasteiger partial charge >= 0.3 is 0 Å². The van der Waals surface area contributed by atoms with Gasteiger partial charge in [-0.15, -0.1) is 0 Å². The van der Waals surface area contributed by atoms with Crippen molar-refractivity contribution >= 4 is 33.6 Å². The summed E-state index contributed by atoms with van der Waals surface area (Å²) >= 11 is 0. The monoisotopic (exact) mass is 577 g/mol. The first-order valence-electron chi connectivity index (χ1n) is 12.0. The molecule has 0 N–H and O–H groups in total. The van der Waals surface area contributed by atoms with E-state index in [-0.39, 0.29) is 72.5 Å². The number of allylic oxidation sites excluding steroid dienone is 7. The molecule has 0 heterocycles. The molecular weight excluding hydrogens is 570 g/mol. The van der Waals surface area contributed by atoms with Crippen molar-refractivity contribution in [1.29, 1.82) is 21.0 Å². The van der Waals surface area contributed by atoms with Crippen molar-refractivity contribution in [2.45, 2.75) is 0 Å². The third-order valence-electron chi connectivity index (χ3n) is 7.00. The van der Waals surface area contributed by atoms with E-state index in [1.165, 1.54) is 6.07 Å². The van der Waals surface area contributed by atoms with Crippen LogP contribution in [0, 0.1) is 88.3 Å². The van der Waals surface area contributed by atoms with Crippen LogP contribution >= 0.6 is 0 Å². The normalized spacial score (nSPS) is 15.0. The molecule has 0 unspecified atom stereocenters. The van der Waals surface area contributed by atoms with Crippen LogP contribution in [0.3, 0.4) is 0 Å². The topological polar surface area (TPSA) is 108 Å². The van der Waals surface area contributed by atoms with Crippen molar-refractivity contribution in [2.75, 3.05) is 0 Å². The van der Waals surface area contributed by atoms with Crippen LogP contribution < -0.4 is 0 Å². The smallest absolute Gasteiger partial charge is 0.237 e. The van der Waals surface area contributed by atoms with Crippen LogP contribution in [0.15, 0.2) is 53.9 Å². The second-order valence-electron chi connectivity index (χ2n) is 9.06. The van der Waals surface area contributed by atoms with Gasteiger partial charge in [0.15, 0.2) is 23.3 Å². The highest BCUT2D eigenvalue weighted by atomic mass is 19.2. The second-order valence-corrected chi connectivity index (χ2v) is 9.06. The molecule has 0 bridgehead atoms. The minimum absolute atomic E-state index is 0.0395. The van der Waals surface area contributed by atoms with Crippen LogP contribution in [0.25, 0.3) is 48.1 Å². The van der Waals surface area contributed by atoms with Crippen LogP contribution in [-0.2, 0) is 0 Å². The lowest BCUT2D eigenvalue weighted by molar-refractivity contribution is 0.508. The molecule has 3 aromatic rings. The van der Waals surface area contributed by atoms with Crippen molar-refractivity contribution in [1.82, 2.24) is 0 Å². The van der Waals surface area contributed by atoms with Gasteiger partial charge in [-0.25, -0.2) is 42.6 Å². The summed E-state index contributed by atoms with van der Waals surface area (Å²) in [6.07, 6.45) is 0. The van der Waals surface area contributed by atoms with Crippen LogP contribution in [0.2, 0.25) is 0 Å². The SMILES string of the molecule is [C-]#[N+]C1=C(c2ccc(F)c(F)c2)/C(=C(/C#N)[N+]#[C-])c2c1cc1c(c2C#N)/C(=C(/C#N)[N+]#[C-])C(c2ccc(F)c(F)c2)=C1C#N. The van der Waals surface area contributed by atoms with Gasteiger partial charge in [-0.05, 0) is 68.8 Å². The van der Waals surface area contributed by atoms with E-state index < -0.39 is 34.7 Å². The molecule has 0 aliphatic heterocycles. The van der Waals surface area contributed by atoms with E-state index in [1.807, 2.05) is 12.1 Å². The zero-order valence-electron chi connectivity index (χ0n) is 21.7. The highest BCUT2D eigenvalue weighted by Crippen LogP contribution is 2.56. The lowest BCUT2D eigenvalue weighted by atomic mass is 9.86. The van der Waals surface area contributed by atoms with Crippen molar-refractivity contribution in [3.63, 3.8) is 0 Å². The number of hydrogen-bond donors (Lipinski definition) is 0. The lowest BCUT2D eigenvalue weighted by Crippen LogP contribution is -2.01. The first kappa shape index (κ1) is 28.3. The molecule has 7 nitrogen and oxygen atoms in total. The lowest BCUT2D eigenvalue weighted by Gasteiger charge is -2.15. The fourth-order valence-corrected chi connectivity index (χ4v) is 5.31. The minimum atomic E-state index is -1.29. The van der Waals surface area contributed by atoms with Gasteiger partial charge < -0.3 is 0 Å². The van der Waals surface area contributed by atoms with E-state index in [4.69, 9.17) is 19.7 Å². The Bertz CT molecular complexity index is 2160. The van der Waals surface area contributed by atoms with Gasteiger partial charge in [0.05, 0.1) is 43.0 Å². The van der Waals surface area contributed by atoms with Crippen LogP contribution in [-0.4, -0.2) is 0 Å². The maximum absolute atomic E-state index is 14.4. The molecule has 2 aliphatic rings. The van der Waals surface area contributed by atoms with E-state index in [2.05, 4.69) is 14.5 Å². The maximum Gasteiger partial charge on any atom is 0.270 e. The Hall–Kier alpha value is -7.23. The van der Waals surface area contributed by atoms with Gasteiger partial charge in [-0.1, -0.05) is 18.2 Å². The Morgan fingerprint density at radius 1 is 0.614 bits per heavy atom. The molecule has 0 saturated carbocycles. The number of rotatable bonds is 2. The molecule has 0 aromatic heterocycles. The highest BCUT2D eigenvalue weighted by molar-refractivity contribution is 6.30. The summed E-state index contributed by atoms with van der Waals surface area (Å²) in [5.74, 6) is -4.98. The Labute approximate surface area is 246 Å². The zero-order chi connectivity index (χ0) is 31.9. The van der Waals surface area contributed by atoms with Gasteiger partial charge in [0.2, 0.25) is 5.70 Å². The molecule has 3 aromatic carbocycles. The van der Waals surface area contributed by atoms with E-state index in [9.17, 15) is 38.6 Å². The van der Waals surface area contributed by atoms with Crippen LogP contribution in [0.4, 0.5) is 17.6 Å². The molecular formula is C33H7F4N7. The van der Waals surface area contributed by atoms with Crippen molar-refractivity contribution in [3.8, 4) is 24.3 Å². The Morgan fingerprint density at radius 2 is 1.11 bits per heavy atom. The molecule has 0 saturated heterocycles. The molecule has 2 aliphatic carbocycles. The molecule has 44 heavy (non-hydrogen) atoms. The predicted molar refractivity (Wildman–Crippen MR) is 148 cm³/mol. The average Bonchev–Trinajstić information content (AvgIpc) is 3.53. The summed E-state index contributed by atoms with van der Waals surface area (Å²) in [6, 6.07) is 13.9. The third-order valence-corrected chi connectivity index (χ3v) is 7.00. The van der Waals surface area contributed by atoms with Crippen molar-refractivity contribution in [3.05, 3.63) is 150 Å². The molecule has 0 spiro atoms. The third kappa shape index (κ3) is 3.90. The number of benzene rings is 3. The Kier molecular flexibility index (Phi) is 6.84. The van der Waals surface area contributed by atoms with Crippen molar-refractivity contribution < 1.29 is 17.6 Å². The number of nitriles is 4. The number of nitrogens with zero attached hydrogens (tertiary/aromatic N) is 7. The van der Waals surface area contributed by atoms with E-state index in [0.717, 1.165) is 36.4 Å². The van der Waals surface area contributed by atoms with E-state index in [1.54, 1.807) is 12.1 Å². The minimum Gasteiger partial charge on any atom is -0.237 e. The van der Waals surface area contributed by atoms with Crippen molar-refractivity contribution in [2.24, 2.45) is 0 Å². The fourth-order valence-electron chi connectivity index (χ4n) is 5.31.